The van der Waals surface area contributed by atoms with Gasteiger partial charge in [0, 0.05) is 5.02 Å². The van der Waals surface area contributed by atoms with E-state index in [1.807, 2.05) is 19.1 Å². The molecule has 0 spiro atoms. The zero-order chi connectivity index (χ0) is 20.5. The molecule has 1 unspecified atom stereocenters. The van der Waals surface area contributed by atoms with E-state index < -0.39 is 0 Å². The van der Waals surface area contributed by atoms with Crippen LogP contribution in [0, 0.1) is 0 Å². The highest BCUT2D eigenvalue weighted by molar-refractivity contribution is 6.31. The van der Waals surface area contributed by atoms with Crippen molar-refractivity contribution in [3.05, 3.63) is 47.5 Å². The standard InChI is InChI=1S/C20H24ClN3O4/c1-4-28-18-8-6-5-7-15(18)22-19(25)12-24(2)13-20(26)23-16-11-14(21)9-10-17(16)27-3/h5-11H,4,12-13H2,1-3H3,(H,22,25)(H,23,26)/p+1. The summed E-state index contributed by atoms with van der Waals surface area (Å²) in [5.41, 5.74) is 1.10. The van der Waals surface area contributed by atoms with Crippen molar-refractivity contribution < 1.29 is 24.0 Å². The van der Waals surface area contributed by atoms with Gasteiger partial charge in [-0.05, 0) is 37.3 Å². The topological polar surface area (TPSA) is 81.1 Å². The lowest BCUT2D eigenvalue weighted by Crippen LogP contribution is -3.11. The number of quaternary nitrogens is 1. The number of anilines is 2. The van der Waals surface area contributed by atoms with E-state index in [0.717, 1.165) is 4.90 Å². The van der Waals surface area contributed by atoms with E-state index in [1.54, 1.807) is 37.4 Å². The molecule has 3 N–H and O–H groups in total. The summed E-state index contributed by atoms with van der Waals surface area (Å²) in [7, 11) is 3.28. The molecular formula is C20H25ClN3O4+. The van der Waals surface area contributed by atoms with Crippen molar-refractivity contribution in [1.29, 1.82) is 0 Å². The molecule has 0 aliphatic heterocycles. The molecule has 0 aromatic heterocycles. The molecule has 2 aromatic carbocycles. The summed E-state index contributed by atoms with van der Waals surface area (Å²) in [6, 6.07) is 12.2. The molecule has 0 fully saturated rings. The lowest BCUT2D eigenvalue weighted by Gasteiger charge is -2.16. The average molecular weight is 407 g/mol. The number of halogens is 1. The maximum Gasteiger partial charge on any atom is 0.279 e. The molecule has 0 heterocycles. The Hall–Kier alpha value is -2.77. The van der Waals surface area contributed by atoms with Crippen LogP contribution in [0.15, 0.2) is 42.5 Å². The summed E-state index contributed by atoms with van der Waals surface area (Å²) in [6.07, 6.45) is 0. The fourth-order valence-corrected chi connectivity index (χ4v) is 2.80. The van der Waals surface area contributed by atoms with E-state index in [-0.39, 0.29) is 24.9 Å². The molecule has 0 radical (unpaired) electrons. The van der Waals surface area contributed by atoms with Crippen LogP contribution in [-0.2, 0) is 9.59 Å². The predicted molar refractivity (Wildman–Crippen MR) is 109 cm³/mol. The summed E-state index contributed by atoms with van der Waals surface area (Å²) in [5, 5.41) is 6.07. The number of carbonyl (C=O) groups is 2. The van der Waals surface area contributed by atoms with Crippen molar-refractivity contribution in [2.45, 2.75) is 6.92 Å². The normalized spacial score (nSPS) is 11.4. The molecule has 7 nitrogen and oxygen atoms in total. The van der Waals surface area contributed by atoms with Crippen LogP contribution < -0.4 is 25.0 Å². The van der Waals surface area contributed by atoms with Crippen LogP contribution in [0.3, 0.4) is 0 Å². The van der Waals surface area contributed by atoms with E-state index in [4.69, 9.17) is 21.1 Å². The van der Waals surface area contributed by atoms with Gasteiger partial charge >= 0.3 is 0 Å². The Kier molecular flexibility index (Phi) is 8.10. The molecule has 2 rings (SSSR count). The van der Waals surface area contributed by atoms with Gasteiger partial charge in [-0.3, -0.25) is 9.59 Å². The Bertz CT molecular complexity index is 829. The highest BCUT2D eigenvalue weighted by Gasteiger charge is 2.17. The van der Waals surface area contributed by atoms with Crippen LogP contribution in [0.25, 0.3) is 0 Å². The Morgan fingerprint density at radius 2 is 1.64 bits per heavy atom. The van der Waals surface area contributed by atoms with Crippen molar-refractivity contribution in [1.82, 2.24) is 0 Å². The molecule has 0 bridgehead atoms. The number of nitrogens with one attached hydrogen (secondary N) is 3. The SMILES string of the molecule is CCOc1ccccc1NC(=O)C[NH+](C)CC(=O)Nc1cc(Cl)ccc1OC. The van der Waals surface area contributed by atoms with Crippen LogP contribution in [-0.4, -0.2) is 45.7 Å². The third-order valence-corrected chi connectivity index (χ3v) is 4.06. The smallest absolute Gasteiger partial charge is 0.279 e. The van der Waals surface area contributed by atoms with Crippen molar-refractivity contribution in [2.75, 3.05) is 44.5 Å². The van der Waals surface area contributed by atoms with Crippen molar-refractivity contribution in [2.24, 2.45) is 0 Å². The first-order chi connectivity index (χ1) is 13.4. The van der Waals surface area contributed by atoms with Gasteiger partial charge in [0.25, 0.3) is 11.8 Å². The maximum absolute atomic E-state index is 12.3. The quantitative estimate of drug-likeness (QED) is 0.593. The number of rotatable bonds is 9. The molecular weight excluding hydrogens is 382 g/mol. The second-order valence-corrected chi connectivity index (χ2v) is 6.62. The molecule has 0 aliphatic rings. The summed E-state index contributed by atoms with van der Waals surface area (Å²) in [5.74, 6) is 0.667. The zero-order valence-electron chi connectivity index (χ0n) is 16.2. The fraction of sp³-hybridized carbons (Fsp3) is 0.300. The lowest BCUT2D eigenvalue weighted by atomic mass is 10.3. The lowest BCUT2D eigenvalue weighted by molar-refractivity contribution is -0.862. The Balaban J connectivity index is 1.89. The van der Waals surface area contributed by atoms with E-state index in [2.05, 4.69) is 10.6 Å². The summed E-state index contributed by atoms with van der Waals surface area (Å²) < 4.78 is 10.7. The minimum atomic E-state index is -0.249. The zero-order valence-corrected chi connectivity index (χ0v) is 16.9. The monoisotopic (exact) mass is 406 g/mol. The highest BCUT2D eigenvalue weighted by Crippen LogP contribution is 2.27. The molecule has 8 heteroatoms. The number of likely N-dealkylation sites (N-methyl/N-ethyl adjacent to an activating group) is 1. The fourth-order valence-electron chi connectivity index (χ4n) is 2.63. The first-order valence-electron chi connectivity index (χ1n) is 8.89. The molecule has 0 saturated carbocycles. The number of carbonyl (C=O) groups excluding carboxylic acids is 2. The van der Waals surface area contributed by atoms with Crippen LogP contribution in [0.4, 0.5) is 11.4 Å². The van der Waals surface area contributed by atoms with Gasteiger partial charge in [0.2, 0.25) is 0 Å². The van der Waals surface area contributed by atoms with Gasteiger partial charge < -0.3 is 25.0 Å². The van der Waals surface area contributed by atoms with Crippen LogP contribution in [0.2, 0.25) is 5.02 Å². The van der Waals surface area contributed by atoms with Gasteiger partial charge in [-0.25, -0.2) is 0 Å². The minimum Gasteiger partial charge on any atom is -0.495 e. The molecule has 150 valence electrons. The van der Waals surface area contributed by atoms with E-state index >= 15 is 0 Å². The van der Waals surface area contributed by atoms with Gasteiger partial charge in [0.1, 0.15) is 11.5 Å². The number of hydrogen-bond donors (Lipinski definition) is 3. The number of benzene rings is 2. The molecule has 2 amide bonds. The van der Waals surface area contributed by atoms with Gasteiger partial charge in [0.05, 0.1) is 32.1 Å². The first kappa shape index (κ1) is 21.5. The van der Waals surface area contributed by atoms with Gasteiger partial charge in [-0.1, -0.05) is 23.7 Å². The predicted octanol–water partition coefficient (Wildman–Crippen LogP) is 1.84. The Labute approximate surface area is 169 Å². The number of para-hydroxylation sites is 2. The van der Waals surface area contributed by atoms with E-state index in [0.29, 0.717) is 34.5 Å². The molecule has 0 aliphatic carbocycles. The summed E-state index contributed by atoms with van der Waals surface area (Å²) >= 11 is 5.97. The van der Waals surface area contributed by atoms with E-state index in [9.17, 15) is 9.59 Å². The third kappa shape index (κ3) is 6.44. The number of methoxy groups -OCH3 is 1. The molecule has 1 atom stereocenters. The largest absolute Gasteiger partial charge is 0.495 e. The first-order valence-corrected chi connectivity index (χ1v) is 9.27. The van der Waals surface area contributed by atoms with E-state index in [1.165, 1.54) is 7.11 Å². The third-order valence-electron chi connectivity index (χ3n) is 3.82. The Morgan fingerprint density at radius 3 is 2.29 bits per heavy atom. The van der Waals surface area contributed by atoms with Crippen molar-refractivity contribution >= 4 is 34.8 Å². The van der Waals surface area contributed by atoms with Crippen molar-refractivity contribution in [3.8, 4) is 11.5 Å². The number of ether oxygens (including phenoxy) is 2. The second-order valence-electron chi connectivity index (χ2n) is 6.18. The van der Waals surface area contributed by atoms with Gasteiger partial charge in [0.15, 0.2) is 13.1 Å². The molecule has 0 saturated heterocycles. The number of hydrogen-bond acceptors (Lipinski definition) is 4. The minimum absolute atomic E-state index is 0.107. The highest BCUT2D eigenvalue weighted by atomic mass is 35.5. The molecule has 28 heavy (non-hydrogen) atoms. The summed E-state index contributed by atoms with van der Waals surface area (Å²) in [4.78, 5) is 25.3. The van der Waals surface area contributed by atoms with Crippen LogP contribution in [0.1, 0.15) is 6.92 Å². The molecule has 2 aromatic rings. The second kappa shape index (κ2) is 10.5. The van der Waals surface area contributed by atoms with Gasteiger partial charge in [-0.2, -0.15) is 0 Å². The average Bonchev–Trinajstić information content (AvgIpc) is 2.63. The number of amides is 2. The van der Waals surface area contributed by atoms with Gasteiger partial charge in [-0.15, -0.1) is 0 Å². The van der Waals surface area contributed by atoms with Crippen LogP contribution in [0.5, 0.6) is 11.5 Å². The maximum atomic E-state index is 12.3. The summed E-state index contributed by atoms with van der Waals surface area (Å²) in [6.45, 7) is 2.62. The Morgan fingerprint density at radius 1 is 1.00 bits per heavy atom. The van der Waals surface area contributed by atoms with Crippen molar-refractivity contribution in [3.63, 3.8) is 0 Å². The van der Waals surface area contributed by atoms with Crippen LogP contribution >= 0.6 is 11.6 Å².